The molecule has 1 aromatic heterocycles. The second-order valence-electron chi connectivity index (χ2n) is 5.58. The molecule has 0 spiro atoms. The van der Waals surface area contributed by atoms with Gasteiger partial charge in [0.2, 0.25) is 5.88 Å². The first kappa shape index (κ1) is 15.8. The van der Waals surface area contributed by atoms with Gasteiger partial charge < -0.3 is 10.1 Å². The van der Waals surface area contributed by atoms with E-state index in [0.717, 1.165) is 11.3 Å². The third-order valence-corrected chi connectivity index (χ3v) is 3.37. The molecule has 1 N–H and O–H groups in total. The molecule has 0 aliphatic heterocycles. The Morgan fingerprint density at radius 1 is 1.14 bits per heavy atom. The van der Waals surface area contributed by atoms with E-state index in [1.165, 1.54) is 11.1 Å². The zero-order chi connectivity index (χ0) is 15.4. The van der Waals surface area contributed by atoms with E-state index in [1.807, 2.05) is 32.0 Å². The van der Waals surface area contributed by atoms with E-state index in [2.05, 4.69) is 30.2 Å². The Morgan fingerprint density at radius 3 is 2.43 bits per heavy atom. The van der Waals surface area contributed by atoms with Crippen molar-refractivity contribution >= 4 is 11.6 Å². The molecule has 1 heterocycles. The predicted octanol–water partition coefficient (Wildman–Crippen LogP) is 4.64. The maximum absolute atomic E-state index is 6.18. The smallest absolute Gasteiger partial charge is 0.219 e. The maximum atomic E-state index is 6.18. The Morgan fingerprint density at radius 2 is 1.81 bits per heavy atom. The third-order valence-electron chi connectivity index (χ3n) is 3.03. The topological polar surface area (TPSA) is 34.1 Å². The number of halogens is 1. The van der Waals surface area contributed by atoms with Gasteiger partial charge in [0.15, 0.2) is 0 Å². The van der Waals surface area contributed by atoms with Gasteiger partial charge in [-0.25, -0.2) is 4.98 Å². The highest BCUT2D eigenvalue weighted by Crippen LogP contribution is 2.25. The number of pyridine rings is 1. The van der Waals surface area contributed by atoms with Crippen LogP contribution in [0.4, 0.5) is 0 Å². The fourth-order valence-electron chi connectivity index (χ4n) is 2.08. The van der Waals surface area contributed by atoms with Crippen LogP contribution >= 0.6 is 11.6 Å². The Balaban J connectivity index is 2.18. The first-order valence-corrected chi connectivity index (χ1v) is 7.46. The summed E-state index contributed by atoms with van der Waals surface area (Å²) in [4.78, 5) is 4.24. The highest BCUT2D eigenvalue weighted by atomic mass is 35.5. The lowest BCUT2D eigenvalue weighted by Crippen LogP contribution is -2.22. The summed E-state index contributed by atoms with van der Waals surface area (Å²) < 4.78 is 5.84. The van der Waals surface area contributed by atoms with Crippen molar-refractivity contribution in [2.24, 2.45) is 0 Å². The molecule has 2 aromatic rings. The Bertz CT molecular complexity index is 606. The standard InChI is InChI=1S/C17H21ClN2O/c1-11(2)19-9-14-8-17(20-10-16(14)18)21-15-6-12(3)5-13(4)7-15/h5-8,10-11,19H,9H2,1-4H3. The second-order valence-corrected chi connectivity index (χ2v) is 5.98. The highest BCUT2D eigenvalue weighted by molar-refractivity contribution is 6.31. The van der Waals surface area contributed by atoms with E-state index in [1.54, 1.807) is 6.20 Å². The quantitative estimate of drug-likeness (QED) is 0.873. The number of hydrogen-bond donors (Lipinski definition) is 1. The molecule has 0 amide bonds. The molecule has 0 aliphatic rings. The number of rotatable bonds is 5. The third kappa shape index (κ3) is 4.73. The van der Waals surface area contributed by atoms with Crippen molar-refractivity contribution in [3.05, 3.63) is 52.2 Å². The van der Waals surface area contributed by atoms with Crippen LogP contribution in [0, 0.1) is 13.8 Å². The zero-order valence-electron chi connectivity index (χ0n) is 12.9. The average molecular weight is 305 g/mol. The van der Waals surface area contributed by atoms with Gasteiger partial charge in [-0.3, -0.25) is 0 Å². The maximum Gasteiger partial charge on any atom is 0.219 e. The van der Waals surface area contributed by atoms with Crippen LogP contribution < -0.4 is 10.1 Å². The monoisotopic (exact) mass is 304 g/mol. The van der Waals surface area contributed by atoms with E-state index in [4.69, 9.17) is 16.3 Å². The van der Waals surface area contributed by atoms with Gasteiger partial charge in [-0.2, -0.15) is 0 Å². The lowest BCUT2D eigenvalue weighted by molar-refractivity contribution is 0.460. The molecule has 21 heavy (non-hydrogen) atoms. The van der Waals surface area contributed by atoms with Crippen molar-refractivity contribution in [2.45, 2.75) is 40.3 Å². The van der Waals surface area contributed by atoms with Crippen LogP contribution in [0.5, 0.6) is 11.6 Å². The highest BCUT2D eigenvalue weighted by Gasteiger charge is 2.07. The summed E-state index contributed by atoms with van der Waals surface area (Å²) in [5, 5.41) is 3.99. The molecule has 0 saturated carbocycles. The summed E-state index contributed by atoms with van der Waals surface area (Å²) >= 11 is 6.18. The lowest BCUT2D eigenvalue weighted by Gasteiger charge is -2.12. The van der Waals surface area contributed by atoms with Crippen molar-refractivity contribution < 1.29 is 4.74 Å². The molecule has 0 aliphatic carbocycles. The fourth-order valence-corrected chi connectivity index (χ4v) is 2.25. The van der Waals surface area contributed by atoms with Crippen LogP contribution in [0.25, 0.3) is 0 Å². The molecule has 3 nitrogen and oxygen atoms in total. The lowest BCUT2D eigenvalue weighted by atomic mass is 10.1. The number of ether oxygens (including phenoxy) is 1. The molecule has 0 saturated heterocycles. The minimum atomic E-state index is 0.401. The van der Waals surface area contributed by atoms with Crippen LogP contribution in [-0.4, -0.2) is 11.0 Å². The SMILES string of the molecule is Cc1cc(C)cc(Oc2cc(CNC(C)C)c(Cl)cn2)c1. The molecule has 0 fully saturated rings. The Labute approximate surface area is 131 Å². The van der Waals surface area contributed by atoms with Gasteiger partial charge in [-0.05, 0) is 42.7 Å². The molecule has 0 radical (unpaired) electrons. The number of benzene rings is 1. The van der Waals surface area contributed by atoms with Crippen molar-refractivity contribution in [1.82, 2.24) is 10.3 Å². The summed E-state index contributed by atoms with van der Waals surface area (Å²) in [7, 11) is 0. The summed E-state index contributed by atoms with van der Waals surface area (Å²) in [6.45, 7) is 8.99. The summed E-state index contributed by atoms with van der Waals surface area (Å²) in [6.07, 6.45) is 1.64. The normalized spacial score (nSPS) is 11.0. The largest absolute Gasteiger partial charge is 0.439 e. The molecule has 4 heteroatoms. The average Bonchev–Trinajstić information content (AvgIpc) is 2.38. The molecule has 2 rings (SSSR count). The van der Waals surface area contributed by atoms with Gasteiger partial charge in [0, 0.05) is 24.8 Å². The van der Waals surface area contributed by atoms with Crippen LogP contribution in [-0.2, 0) is 6.54 Å². The van der Waals surface area contributed by atoms with Gasteiger partial charge in [-0.15, -0.1) is 0 Å². The van der Waals surface area contributed by atoms with Gasteiger partial charge in [0.25, 0.3) is 0 Å². The number of nitrogens with one attached hydrogen (secondary N) is 1. The number of aryl methyl sites for hydroxylation is 2. The van der Waals surface area contributed by atoms with Gasteiger partial charge in [-0.1, -0.05) is 31.5 Å². The van der Waals surface area contributed by atoms with Crippen molar-refractivity contribution in [1.29, 1.82) is 0 Å². The van der Waals surface area contributed by atoms with Crippen LogP contribution in [0.3, 0.4) is 0 Å². The molecule has 1 aromatic carbocycles. The van der Waals surface area contributed by atoms with E-state index >= 15 is 0 Å². The van der Waals surface area contributed by atoms with Crippen molar-refractivity contribution in [2.75, 3.05) is 0 Å². The van der Waals surface area contributed by atoms with E-state index in [0.29, 0.717) is 23.5 Å². The zero-order valence-corrected chi connectivity index (χ0v) is 13.7. The Hall–Kier alpha value is -1.58. The summed E-state index contributed by atoms with van der Waals surface area (Å²) in [5.74, 6) is 1.36. The number of hydrogen-bond acceptors (Lipinski definition) is 3. The predicted molar refractivity (Wildman–Crippen MR) is 87.2 cm³/mol. The van der Waals surface area contributed by atoms with Crippen LogP contribution in [0.15, 0.2) is 30.5 Å². The minimum absolute atomic E-state index is 0.401. The number of aromatic nitrogens is 1. The van der Waals surface area contributed by atoms with Crippen LogP contribution in [0.1, 0.15) is 30.5 Å². The van der Waals surface area contributed by atoms with Gasteiger partial charge in [0.1, 0.15) is 5.75 Å². The second kappa shape index (κ2) is 6.92. The first-order valence-electron chi connectivity index (χ1n) is 7.08. The molecule has 0 bridgehead atoms. The summed E-state index contributed by atoms with van der Waals surface area (Å²) in [5.41, 5.74) is 3.32. The molecular formula is C17H21ClN2O. The van der Waals surface area contributed by atoms with E-state index in [-0.39, 0.29) is 0 Å². The molecule has 0 unspecified atom stereocenters. The number of nitrogens with zero attached hydrogens (tertiary/aromatic N) is 1. The fraction of sp³-hybridized carbons (Fsp3) is 0.353. The van der Waals surface area contributed by atoms with Gasteiger partial charge >= 0.3 is 0 Å². The minimum Gasteiger partial charge on any atom is -0.439 e. The van der Waals surface area contributed by atoms with Crippen molar-refractivity contribution in [3.63, 3.8) is 0 Å². The Kier molecular flexibility index (Phi) is 5.21. The molecular weight excluding hydrogens is 284 g/mol. The molecule has 0 atom stereocenters. The first-order chi connectivity index (χ1) is 9.94. The van der Waals surface area contributed by atoms with Crippen LogP contribution in [0.2, 0.25) is 5.02 Å². The molecule has 112 valence electrons. The van der Waals surface area contributed by atoms with E-state index < -0.39 is 0 Å². The van der Waals surface area contributed by atoms with Crippen molar-refractivity contribution in [3.8, 4) is 11.6 Å². The van der Waals surface area contributed by atoms with E-state index in [9.17, 15) is 0 Å². The summed E-state index contributed by atoms with van der Waals surface area (Å²) in [6, 6.07) is 8.39. The van der Waals surface area contributed by atoms with Gasteiger partial charge in [0.05, 0.1) is 5.02 Å².